The zero-order chi connectivity index (χ0) is 13.7. The predicted molar refractivity (Wildman–Crippen MR) is 92.3 cm³/mol. The van der Waals surface area contributed by atoms with Gasteiger partial charge in [0.25, 0.3) is 0 Å². The van der Waals surface area contributed by atoms with Gasteiger partial charge in [0.2, 0.25) is 0 Å². The van der Waals surface area contributed by atoms with E-state index < -0.39 is 0 Å². The Hall–Kier alpha value is -0.300. The molecule has 0 amide bonds. The number of anilines is 1. The minimum absolute atomic E-state index is 0.421. The maximum Gasteiger partial charge on any atom is 0.107 e. The van der Waals surface area contributed by atoms with Gasteiger partial charge in [-0.1, -0.05) is 18.3 Å². The Kier molecular flexibility index (Phi) is 5.94. The molecule has 0 aromatic heterocycles. The first kappa shape index (κ1) is 15.1. The average molecular weight is 360 g/mol. The Balaban J connectivity index is 1.92. The molecule has 19 heavy (non-hydrogen) atoms. The van der Waals surface area contributed by atoms with Crippen LogP contribution in [0, 0.1) is 0 Å². The van der Waals surface area contributed by atoms with Gasteiger partial charge in [0.1, 0.15) is 4.99 Å². The monoisotopic (exact) mass is 359 g/mol. The van der Waals surface area contributed by atoms with E-state index in [2.05, 4.69) is 26.1 Å². The van der Waals surface area contributed by atoms with Gasteiger partial charge < -0.3 is 11.1 Å². The Bertz CT molecular complexity index is 448. The second kappa shape index (κ2) is 7.47. The molecule has 1 heterocycles. The molecule has 1 aromatic rings. The van der Waals surface area contributed by atoms with E-state index in [0.717, 1.165) is 28.8 Å². The van der Waals surface area contributed by atoms with Crippen LogP contribution in [0.15, 0.2) is 22.7 Å². The third kappa shape index (κ3) is 4.34. The normalized spacial score (nSPS) is 16.3. The minimum Gasteiger partial charge on any atom is -0.389 e. The van der Waals surface area contributed by atoms with Crippen molar-refractivity contribution in [2.45, 2.75) is 0 Å². The summed E-state index contributed by atoms with van der Waals surface area (Å²) in [6, 6.07) is 5.97. The summed E-state index contributed by atoms with van der Waals surface area (Å²) in [6.45, 7) is 4.35. The summed E-state index contributed by atoms with van der Waals surface area (Å²) in [5, 5.41) is 3.44. The first-order valence-corrected chi connectivity index (χ1v) is 8.66. The number of thioether (sulfide) groups is 1. The van der Waals surface area contributed by atoms with Crippen LogP contribution in [0.1, 0.15) is 5.56 Å². The number of nitrogens with two attached hydrogens (primary N) is 1. The van der Waals surface area contributed by atoms with Gasteiger partial charge in [-0.3, -0.25) is 4.90 Å². The number of hydrogen-bond acceptors (Lipinski definition) is 4. The van der Waals surface area contributed by atoms with E-state index in [-0.39, 0.29) is 0 Å². The van der Waals surface area contributed by atoms with Crippen LogP contribution < -0.4 is 11.1 Å². The number of nitrogens with zero attached hydrogens (tertiary/aromatic N) is 1. The lowest BCUT2D eigenvalue weighted by Crippen LogP contribution is -2.36. The summed E-state index contributed by atoms with van der Waals surface area (Å²) >= 11 is 10.6. The molecule has 0 unspecified atom stereocenters. The molecule has 0 radical (unpaired) electrons. The quantitative estimate of drug-likeness (QED) is 0.790. The lowest BCUT2D eigenvalue weighted by atomic mass is 10.2. The summed E-state index contributed by atoms with van der Waals surface area (Å²) in [6.07, 6.45) is 0. The third-order valence-electron chi connectivity index (χ3n) is 3.11. The van der Waals surface area contributed by atoms with Crippen molar-refractivity contribution >= 4 is 50.6 Å². The van der Waals surface area contributed by atoms with Crippen molar-refractivity contribution in [2.75, 3.05) is 43.0 Å². The van der Waals surface area contributed by atoms with Crippen LogP contribution in [0.2, 0.25) is 0 Å². The first-order chi connectivity index (χ1) is 9.18. The van der Waals surface area contributed by atoms with Gasteiger partial charge in [0.15, 0.2) is 0 Å². The summed E-state index contributed by atoms with van der Waals surface area (Å²) in [5.41, 5.74) is 7.68. The summed E-state index contributed by atoms with van der Waals surface area (Å²) in [5.74, 6) is 2.49. The van der Waals surface area contributed by atoms with Gasteiger partial charge in [0, 0.05) is 53.4 Å². The highest BCUT2D eigenvalue weighted by Crippen LogP contribution is 2.24. The molecule has 0 saturated carbocycles. The van der Waals surface area contributed by atoms with Gasteiger partial charge in [-0.15, -0.1) is 0 Å². The minimum atomic E-state index is 0.421. The van der Waals surface area contributed by atoms with E-state index in [1.165, 1.54) is 24.6 Å². The smallest absolute Gasteiger partial charge is 0.107 e. The van der Waals surface area contributed by atoms with Crippen molar-refractivity contribution in [1.82, 2.24) is 4.90 Å². The zero-order valence-corrected chi connectivity index (χ0v) is 13.9. The highest BCUT2D eigenvalue weighted by atomic mass is 79.9. The van der Waals surface area contributed by atoms with Gasteiger partial charge in [-0.2, -0.15) is 11.8 Å². The predicted octanol–water partition coefficient (Wildman–Crippen LogP) is 2.54. The number of nitrogens with one attached hydrogen (secondary N) is 1. The topological polar surface area (TPSA) is 41.3 Å². The molecule has 3 nitrogen and oxygen atoms in total. The largest absolute Gasteiger partial charge is 0.389 e. The molecule has 2 rings (SSSR count). The molecule has 104 valence electrons. The van der Waals surface area contributed by atoms with Gasteiger partial charge in [-0.05, 0) is 28.1 Å². The van der Waals surface area contributed by atoms with Crippen LogP contribution in [-0.2, 0) is 0 Å². The van der Waals surface area contributed by atoms with E-state index in [9.17, 15) is 0 Å². The molecule has 0 aliphatic carbocycles. The molecule has 0 bridgehead atoms. The van der Waals surface area contributed by atoms with Gasteiger partial charge >= 0.3 is 0 Å². The average Bonchev–Trinajstić information content (AvgIpc) is 2.39. The van der Waals surface area contributed by atoms with Crippen LogP contribution in [0.25, 0.3) is 0 Å². The van der Waals surface area contributed by atoms with Crippen molar-refractivity contribution in [1.29, 1.82) is 0 Å². The van der Waals surface area contributed by atoms with E-state index in [0.29, 0.717) is 4.99 Å². The Morgan fingerprint density at radius 2 is 2.16 bits per heavy atom. The molecule has 1 fully saturated rings. The molecule has 6 heteroatoms. The molecule has 1 aliphatic heterocycles. The summed E-state index contributed by atoms with van der Waals surface area (Å²) < 4.78 is 0.944. The maximum absolute atomic E-state index is 5.78. The number of benzene rings is 1. The maximum atomic E-state index is 5.78. The number of hydrogen-bond donors (Lipinski definition) is 2. The lowest BCUT2D eigenvalue weighted by molar-refractivity contribution is 0.314. The van der Waals surface area contributed by atoms with E-state index in [1.807, 2.05) is 30.0 Å². The molecular formula is C13H18BrN3S2. The third-order valence-corrected chi connectivity index (χ3v) is 4.91. The molecular weight excluding hydrogens is 342 g/mol. The van der Waals surface area contributed by atoms with Crippen LogP contribution in [-0.4, -0.2) is 47.6 Å². The Morgan fingerprint density at radius 3 is 2.84 bits per heavy atom. The van der Waals surface area contributed by atoms with Crippen molar-refractivity contribution < 1.29 is 0 Å². The van der Waals surface area contributed by atoms with Gasteiger partial charge in [-0.25, -0.2) is 0 Å². The van der Waals surface area contributed by atoms with Crippen LogP contribution in [0.4, 0.5) is 5.69 Å². The van der Waals surface area contributed by atoms with Crippen LogP contribution >= 0.6 is 39.9 Å². The van der Waals surface area contributed by atoms with Crippen molar-refractivity contribution in [3.8, 4) is 0 Å². The fourth-order valence-electron chi connectivity index (χ4n) is 2.10. The summed E-state index contributed by atoms with van der Waals surface area (Å²) in [4.78, 5) is 2.91. The fraction of sp³-hybridized carbons (Fsp3) is 0.462. The van der Waals surface area contributed by atoms with E-state index in [1.54, 1.807) is 0 Å². The molecule has 3 N–H and O–H groups in total. The molecule has 0 atom stereocenters. The highest BCUT2D eigenvalue weighted by Gasteiger charge is 2.11. The first-order valence-electron chi connectivity index (χ1n) is 6.31. The second-order valence-electron chi connectivity index (χ2n) is 4.41. The molecule has 1 saturated heterocycles. The van der Waals surface area contributed by atoms with Crippen LogP contribution in [0.5, 0.6) is 0 Å². The zero-order valence-electron chi connectivity index (χ0n) is 10.7. The van der Waals surface area contributed by atoms with Crippen molar-refractivity contribution in [3.63, 3.8) is 0 Å². The summed E-state index contributed by atoms with van der Waals surface area (Å²) in [7, 11) is 0. The fourth-order valence-corrected chi connectivity index (χ4v) is 4.00. The molecule has 0 spiro atoms. The van der Waals surface area contributed by atoms with Crippen LogP contribution in [0.3, 0.4) is 0 Å². The molecule has 1 aliphatic rings. The van der Waals surface area contributed by atoms with Crippen molar-refractivity contribution in [3.05, 3.63) is 28.2 Å². The van der Waals surface area contributed by atoms with Crippen molar-refractivity contribution in [2.24, 2.45) is 5.73 Å². The van der Waals surface area contributed by atoms with Gasteiger partial charge in [0.05, 0.1) is 0 Å². The molecule has 1 aromatic carbocycles. The Labute approximate surface area is 132 Å². The lowest BCUT2D eigenvalue weighted by Gasteiger charge is -2.26. The standard InChI is InChI=1S/C13H18BrN3S2/c14-10-2-1-3-11(12(10)13(15)18)16-4-5-17-6-8-19-9-7-17/h1-3,16H,4-9H2,(H2,15,18). The number of halogens is 1. The SMILES string of the molecule is NC(=S)c1c(Br)cccc1NCCN1CCSCC1. The highest BCUT2D eigenvalue weighted by molar-refractivity contribution is 9.10. The Morgan fingerprint density at radius 1 is 1.42 bits per heavy atom. The number of thiocarbonyl (C=S) groups is 1. The second-order valence-corrected chi connectivity index (χ2v) is 6.93. The van der Waals surface area contributed by atoms with E-state index in [4.69, 9.17) is 18.0 Å². The number of rotatable bonds is 5. The van der Waals surface area contributed by atoms with E-state index >= 15 is 0 Å².